The van der Waals surface area contributed by atoms with E-state index < -0.39 is 0 Å². The first-order valence-electron chi connectivity index (χ1n) is 7.62. The second-order valence-corrected chi connectivity index (χ2v) is 5.70. The Morgan fingerprint density at radius 2 is 1.95 bits per heavy atom. The molecule has 1 fully saturated rings. The van der Waals surface area contributed by atoms with Gasteiger partial charge < -0.3 is 19.9 Å². The minimum Gasteiger partial charge on any atom is -0.497 e. The molecule has 0 radical (unpaired) electrons. The second-order valence-electron chi connectivity index (χ2n) is 5.70. The first-order valence-corrected chi connectivity index (χ1v) is 7.62. The van der Waals surface area contributed by atoms with Gasteiger partial charge in [0, 0.05) is 19.3 Å². The summed E-state index contributed by atoms with van der Waals surface area (Å²) in [6.07, 6.45) is 5.63. The lowest BCUT2D eigenvalue weighted by molar-refractivity contribution is 0.150. The van der Waals surface area contributed by atoms with E-state index in [0.717, 1.165) is 37.2 Å². The molecule has 0 aromatic heterocycles. The third-order valence-electron chi connectivity index (χ3n) is 4.15. The van der Waals surface area contributed by atoms with Gasteiger partial charge >= 0.3 is 6.03 Å². The van der Waals surface area contributed by atoms with Crippen molar-refractivity contribution >= 4 is 12.1 Å². The van der Waals surface area contributed by atoms with Gasteiger partial charge in [-0.3, -0.25) is 0 Å². The Labute approximate surface area is 132 Å². The molecule has 0 unspecified atom stereocenters. The zero-order chi connectivity index (χ0) is 15.9. The van der Waals surface area contributed by atoms with Crippen LogP contribution >= 0.6 is 0 Å². The molecule has 0 spiro atoms. The molecule has 0 bridgehead atoms. The van der Waals surface area contributed by atoms with Gasteiger partial charge in [-0.1, -0.05) is 12.1 Å². The van der Waals surface area contributed by atoms with Crippen molar-refractivity contribution in [1.29, 1.82) is 0 Å². The Morgan fingerprint density at radius 1 is 1.32 bits per heavy atom. The fourth-order valence-corrected chi connectivity index (χ4v) is 2.57. The molecule has 0 atom stereocenters. The predicted molar refractivity (Wildman–Crippen MR) is 88.8 cm³/mol. The van der Waals surface area contributed by atoms with Crippen molar-refractivity contribution in [2.45, 2.75) is 18.9 Å². The molecule has 2 rings (SSSR count). The van der Waals surface area contributed by atoms with E-state index in [1.165, 1.54) is 0 Å². The van der Waals surface area contributed by atoms with Crippen LogP contribution in [-0.2, 0) is 0 Å². The molecule has 0 saturated carbocycles. The van der Waals surface area contributed by atoms with E-state index in [1.807, 2.05) is 42.3 Å². The van der Waals surface area contributed by atoms with E-state index in [1.54, 1.807) is 13.3 Å². The summed E-state index contributed by atoms with van der Waals surface area (Å²) in [5, 5.41) is 2.83. The molecule has 1 aliphatic rings. The van der Waals surface area contributed by atoms with Crippen LogP contribution in [0.2, 0.25) is 0 Å². The summed E-state index contributed by atoms with van der Waals surface area (Å²) in [6, 6.07) is 7.95. The van der Waals surface area contributed by atoms with Crippen LogP contribution in [0.1, 0.15) is 18.4 Å². The fraction of sp³-hybridized carbons (Fsp3) is 0.471. The zero-order valence-electron chi connectivity index (χ0n) is 13.6. The predicted octanol–water partition coefficient (Wildman–Crippen LogP) is 2.40. The number of ether oxygens (including phenoxy) is 1. The van der Waals surface area contributed by atoms with Crippen LogP contribution in [0.4, 0.5) is 4.79 Å². The minimum atomic E-state index is -0.0562. The maximum absolute atomic E-state index is 12.1. The van der Waals surface area contributed by atoms with Gasteiger partial charge in [-0.15, -0.1) is 0 Å². The average molecular weight is 303 g/mol. The summed E-state index contributed by atoms with van der Waals surface area (Å²) in [4.78, 5) is 16.3. The molecule has 22 heavy (non-hydrogen) atoms. The van der Waals surface area contributed by atoms with Crippen LogP contribution in [0.3, 0.4) is 0 Å². The van der Waals surface area contributed by atoms with Crippen molar-refractivity contribution in [2.75, 3.05) is 34.3 Å². The van der Waals surface area contributed by atoms with Crippen LogP contribution < -0.4 is 10.1 Å². The molecule has 1 N–H and O–H groups in total. The lowest BCUT2D eigenvalue weighted by Gasteiger charge is -2.34. The van der Waals surface area contributed by atoms with Gasteiger partial charge in [0.15, 0.2) is 0 Å². The molecule has 1 saturated heterocycles. The van der Waals surface area contributed by atoms with Crippen molar-refractivity contribution in [1.82, 2.24) is 15.1 Å². The summed E-state index contributed by atoms with van der Waals surface area (Å²) in [7, 11) is 5.63. The Bertz CT molecular complexity index is 505. The van der Waals surface area contributed by atoms with Crippen LogP contribution in [0, 0.1) is 0 Å². The number of hydrogen-bond donors (Lipinski definition) is 1. The number of hydrogen-bond acceptors (Lipinski definition) is 3. The van der Waals surface area contributed by atoms with E-state index >= 15 is 0 Å². The zero-order valence-corrected chi connectivity index (χ0v) is 13.6. The monoisotopic (exact) mass is 303 g/mol. The number of likely N-dealkylation sites (tertiary alicyclic amines) is 1. The van der Waals surface area contributed by atoms with E-state index in [4.69, 9.17) is 4.74 Å². The van der Waals surface area contributed by atoms with Crippen molar-refractivity contribution in [2.24, 2.45) is 0 Å². The Balaban J connectivity index is 1.82. The number of piperidine rings is 1. The van der Waals surface area contributed by atoms with Crippen molar-refractivity contribution in [3.8, 4) is 5.75 Å². The van der Waals surface area contributed by atoms with Crippen LogP contribution in [-0.4, -0.2) is 56.2 Å². The number of rotatable bonds is 4. The van der Waals surface area contributed by atoms with E-state index in [-0.39, 0.29) is 6.03 Å². The molecule has 5 heteroatoms. The van der Waals surface area contributed by atoms with Crippen LogP contribution in [0.15, 0.2) is 30.5 Å². The fourth-order valence-electron chi connectivity index (χ4n) is 2.57. The molecule has 120 valence electrons. The van der Waals surface area contributed by atoms with Crippen molar-refractivity contribution in [3.63, 3.8) is 0 Å². The largest absolute Gasteiger partial charge is 0.497 e. The minimum absolute atomic E-state index is 0.0562. The molecule has 1 aromatic carbocycles. The number of urea groups is 1. The van der Waals surface area contributed by atoms with Crippen LogP contribution in [0.25, 0.3) is 6.08 Å². The van der Waals surface area contributed by atoms with Gasteiger partial charge in [0.05, 0.1) is 7.11 Å². The Kier molecular flexibility index (Phi) is 5.83. The molecule has 2 amide bonds. The summed E-state index contributed by atoms with van der Waals surface area (Å²) in [5.74, 6) is 0.822. The maximum Gasteiger partial charge on any atom is 0.321 e. The first-order chi connectivity index (χ1) is 10.6. The summed E-state index contributed by atoms with van der Waals surface area (Å²) < 4.78 is 5.11. The number of methoxy groups -OCH3 is 1. The molecule has 0 aliphatic carbocycles. The number of benzene rings is 1. The summed E-state index contributed by atoms with van der Waals surface area (Å²) in [6.45, 7) is 2.09. The highest BCUT2D eigenvalue weighted by molar-refractivity contribution is 5.76. The smallest absolute Gasteiger partial charge is 0.321 e. The first kappa shape index (κ1) is 16.4. The molecular weight excluding hydrogens is 278 g/mol. The molecule has 1 heterocycles. The summed E-state index contributed by atoms with van der Waals surface area (Å²) in [5.41, 5.74) is 1.02. The molecular formula is C17H25N3O2. The highest BCUT2D eigenvalue weighted by Gasteiger charge is 2.23. The normalized spacial score (nSPS) is 16.7. The summed E-state index contributed by atoms with van der Waals surface area (Å²) >= 11 is 0. The van der Waals surface area contributed by atoms with E-state index in [0.29, 0.717) is 6.04 Å². The van der Waals surface area contributed by atoms with Gasteiger partial charge in [-0.2, -0.15) is 0 Å². The van der Waals surface area contributed by atoms with Crippen molar-refractivity contribution < 1.29 is 9.53 Å². The van der Waals surface area contributed by atoms with E-state index in [2.05, 4.69) is 17.3 Å². The SMILES string of the molecule is COc1ccc(/C=C/NC(=O)N(C)C2CCN(C)CC2)cc1. The molecule has 1 aliphatic heterocycles. The standard InChI is InChI=1S/C17H25N3O2/c1-19-12-9-15(10-13-19)20(2)17(21)18-11-8-14-4-6-16(22-3)7-5-14/h4-8,11,15H,9-10,12-13H2,1-3H3,(H,18,21)/b11-8+. The highest BCUT2D eigenvalue weighted by atomic mass is 16.5. The number of nitrogens with one attached hydrogen (secondary N) is 1. The van der Waals surface area contributed by atoms with Gasteiger partial charge in [-0.25, -0.2) is 4.79 Å². The second kappa shape index (κ2) is 7.84. The topological polar surface area (TPSA) is 44.8 Å². The Hall–Kier alpha value is -2.01. The number of carbonyl (C=O) groups excluding carboxylic acids is 1. The van der Waals surface area contributed by atoms with Gasteiger partial charge in [0.1, 0.15) is 5.75 Å². The van der Waals surface area contributed by atoms with Gasteiger partial charge in [-0.05, 0) is 56.8 Å². The third-order valence-corrected chi connectivity index (χ3v) is 4.15. The van der Waals surface area contributed by atoms with E-state index in [9.17, 15) is 4.79 Å². The Morgan fingerprint density at radius 3 is 2.55 bits per heavy atom. The number of carbonyl (C=O) groups is 1. The number of amides is 2. The van der Waals surface area contributed by atoms with Crippen LogP contribution in [0.5, 0.6) is 5.75 Å². The molecule has 5 nitrogen and oxygen atoms in total. The number of nitrogens with zero attached hydrogens (tertiary/aromatic N) is 2. The average Bonchev–Trinajstić information content (AvgIpc) is 2.55. The molecule has 1 aromatic rings. The third kappa shape index (κ3) is 4.49. The van der Waals surface area contributed by atoms with Gasteiger partial charge in [0.25, 0.3) is 0 Å². The quantitative estimate of drug-likeness (QED) is 0.929. The highest BCUT2D eigenvalue weighted by Crippen LogP contribution is 2.14. The maximum atomic E-state index is 12.1. The van der Waals surface area contributed by atoms with Crippen molar-refractivity contribution in [3.05, 3.63) is 36.0 Å². The lowest BCUT2D eigenvalue weighted by Crippen LogP contribution is -2.47. The van der Waals surface area contributed by atoms with Gasteiger partial charge in [0.2, 0.25) is 0 Å². The lowest BCUT2D eigenvalue weighted by atomic mass is 10.0.